The number of anilines is 1. The topological polar surface area (TPSA) is 116 Å². The van der Waals surface area contributed by atoms with Gasteiger partial charge in [0.25, 0.3) is 0 Å². The molecule has 0 aliphatic carbocycles. The highest BCUT2D eigenvalue weighted by Gasteiger charge is 2.13. The summed E-state index contributed by atoms with van der Waals surface area (Å²) >= 11 is 0. The Bertz CT molecular complexity index is 772. The molecular formula is C17H17NO6. The number of methoxy groups -OCH3 is 1. The molecule has 0 aliphatic heterocycles. The van der Waals surface area contributed by atoms with Gasteiger partial charge in [-0.1, -0.05) is 6.07 Å². The highest BCUT2D eigenvalue weighted by Crippen LogP contribution is 2.27. The average molecular weight is 331 g/mol. The number of carbonyl (C=O) groups is 2. The van der Waals surface area contributed by atoms with Gasteiger partial charge in [-0.15, -0.1) is 0 Å². The van der Waals surface area contributed by atoms with Crippen molar-refractivity contribution in [3.8, 4) is 17.2 Å². The minimum Gasteiger partial charge on any atom is -0.508 e. The Hall–Kier alpha value is -3.22. The number of rotatable bonds is 6. The SMILES string of the molecule is COc1cc(CCC(=O)Nc2ccc(O)cc2C(=O)O)ccc1O. The molecule has 0 aromatic heterocycles. The van der Waals surface area contributed by atoms with Gasteiger partial charge in [-0.2, -0.15) is 0 Å². The van der Waals surface area contributed by atoms with Gasteiger partial charge in [0.15, 0.2) is 11.5 Å². The van der Waals surface area contributed by atoms with Crippen LogP contribution in [0.3, 0.4) is 0 Å². The molecule has 24 heavy (non-hydrogen) atoms. The van der Waals surface area contributed by atoms with E-state index in [1.165, 1.54) is 25.3 Å². The van der Waals surface area contributed by atoms with Crippen LogP contribution in [-0.4, -0.2) is 34.3 Å². The summed E-state index contributed by atoms with van der Waals surface area (Å²) in [4.78, 5) is 23.2. The van der Waals surface area contributed by atoms with E-state index in [1.54, 1.807) is 12.1 Å². The summed E-state index contributed by atoms with van der Waals surface area (Å²) in [6, 6.07) is 8.49. The van der Waals surface area contributed by atoms with E-state index in [0.29, 0.717) is 12.2 Å². The third-order valence-electron chi connectivity index (χ3n) is 3.39. The van der Waals surface area contributed by atoms with Crippen molar-refractivity contribution < 1.29 is 29.6 Å². The first-order chi connectivity index (χ1) is 11.4. The maximum absolute atomic E-state index is 12.0. The van der Waals surface area contributed by atoms with Crippen molar-refractivity contribution in [2.45, 2.75) is 12.8 Å². The van der Waals surface area contributed by atoms with E-state index in [2.05, 4.69) is 5.32 Å². The van der Waals surface area contributed by atoms with Crippen LogP contribution in [0.15, 0.2) is 36.4 Å². The number of ether oxygens (including phenoxy) is 1. The van der Waals surface area contributed by atoms with E-state index < -0.39 is 5.97 Å². The normalized spacial score (nSPS) is 10.2. The molecule has 2 aromatic rings. The number of phenolic OH excluding ortho intramolecular Hbond substituents is 2. The molecule has 0 heterocycles. The summed E-state index contributed by atoms with van der Waals surface area (Å²) in [6.45, 7) is 0. The number of hydrogen-bond donors (Lipinski definition) is 4. The molecule has 4 N–H and O–H groups in total. The van der Waals surface area contributed by atoms with Gasteiger partial charge in [0.1, 0.15) is 5.75 Å². The fourth-order valence-corrected chi connectivity index (χ4v) is 2.17. The molecule has 0 atom stereocenters. The average Bonchev–Trinajstić information content (AvgIpc) is 2.55. The van der Waals surface area contributed by atoms with Gasteiger partial charge in [-0.25, -0.2) is 4.79 Å². The molecule has 0 saturated carbocycles. The van der Waals surface area contributed by atoms with E-state index in [1.807, 2.05) is 0 Å². The zero-order valence-electron chi connectivity index (χ0n) is 12.9. The quantitative estimate of drug-likeness (QED) is 0.604. The monoisotopic (exact) mass is 331 g/mol. The van der Waals surface area contributed by atoms with Crippen molar-refractivity contribution in [3.05, 3.63) is 47.5 Å². The third-order valence-corrected chi connectivity index (χ3v) is 3.39. The van der Waals surface area contributed by atoms with Crippen LogP contribution in [-0.2, 0) is 11.2 Å². The smallest absolute Gasteiger partial charge is 0.337 e. The van der Waals surface area contributed by atoms with Gasteiger partial charge in [-0.3, -0.25) is 4.79 Å². The van der Waals surface area contributed by atoms with Crippen LogP contribution in [0.25, 0.3) is 0 Å². The molecule has 0 spiro atoms. The van der Waals surface area contributed by atoms with Crippen LogP contribution in [0, 0.1) is 0 Å². The second-order valence-electron chi connectivity index (χ2n) is 5.09. The number of amides is 1. The van der Waals surface area contributed by atoms with Crippen LogP contribution in [0.2, 0.25) is 0 Å². The highest BCUT2D eigenvalue weighted by atomic mass is 16.5. The second kappa shape index (κ2) is 7.36. The number of aromatic hydroxyl groups is 2. The number of phenols is 2. The zero-order chi connectivity index (χ0) is 17.7. The molecular weight excluding hydrogens is 314 g/mol. The lowest BCUT2D eigenvalue weighted by Crippen LogP contribution is -2.15. The summed E-state index contributed by atoms with van der Waals surface area (Å²) in [5.41, 5.74) is 0.729. The molecule has 126 valence electrons. The number of carbonyl (C=O) groups excluding carboxylic acids is 1. The lowest BCUT2D eigenvalue weighted by molar-refractivity contribution is -0.116. The van der Waals surface area contributed by atoms with E-state index in [0.717, 1.165) is 11.6 Å². The Balaban J connectivity index is 2.03. The van der Waals surface area contributed by atoms with E-state index in [9.17, 15) is 19.8 Å². The first kappa shape index (κ1) is 17.1. The van der Waals surface area contributed by atoms with Crippen molar-refractivity contribution in [2.24, 2.45) is 0 Å². The van der Waals surface area contributed by atoms with Crippen LogP contribution < -0.4 is 10.1 Å². The predicted molar refractivity (Wildman–Crippen MR) is 86.7 cm³/mol. The molecule has 0 fully saturated rings. The van der Waals surface area contributed by atoms with Gasteiger partial charge in [0.05, 0.1) is 18.4 Å². The molecule has 0 unspecified atom stereocenters. The van der Waals surface area contributed by atoms with E-state index in [4.69, 9.17) is 9.84 Å². The van der Waals surface area contributed by atoms with Crippen LogP contribution in [0.5, 0.6) is 17.2 Å². The Morgan fingerprint density at radius 1 is 1.12 bits per heavy atom. The molecule has 2 rings (SSSR count). The molecule has 0 aliphatic rings. The van der Waals surface area contributed by atoms with Crippen molar-refractivity contribution in [2.75, 3.05) is 12.4 Å². The Kier molecular flexibility index (Phi) is 5.26. The summed E-state index contributed by atoms with van der Waals surface area (Å²) < 4.78 is 5.00. The van der Waals surface area contributed by atoms with Crippen LogP contribution in [0.1, 0.15) is 22.3 Å². The summed E-state index contributed by atoms with van der Waals surface area (Å²) in [6.07, 6.45) is 0.511. The third kappa shape index (κ3) is 4.16. The first-order valence-electron chi connectivity index (χ1n) is 7.12. The van der Waals surface area contributed by atoms with Gasteiger partial charge >= 0.3 is 5.97 Å². The van der Waals surface area contributed by atoms with Gasteiger partial charge in [0.2, 0.25) is 5.91 Å². The zero-order valence-corrected chi connectivity index (χ0v) is 12.9. The van der Waals surface area contributed by atoms with E-state index >= 15 is 0 Å². The standard InChI is InChI=1S/C17H17NO6/c1-24-15-8-10(2-6-14(15)20)3-7-16(21)18-13-5-4-11(19)9-12(13)17(22)23/h2,4-6,8-9,19-20H,3,7H2,1H3,(H,18,21)(H,22,23). The molecule has 7 nitrogen and oxygen atoms in total. The minimum absolute atomic E-state index is 0.0147. The fraction of sp³-hybridized carbons (Fsp3) is 0.176. The number of carboxylic acids is 1. The number of carboxylic acid groups (broad SMARTS) is 1. The fourth-order valence-electron chi connectivity index (χ4n) is 2.17. The minimum atomic E-state index is -1.25. The van der Waals surface area contributed by atoms with Crippen molar-refractivity contribution in [1.82, 2.24) is 0 Å². The van der Waals surface area contributed by atoms with Gasteiger partial charge < -0.3 is 25.4 Å². The largest absolute Gasteiger partial charge is 0.508 e. The Morgan fingerprint density at radius 2 is 1.88 bits per heavy atom. The number of hydrogen-bond acceptors (Lipinski definition) is 5. The predicted octanol–water partition coefficient (Wildman–Crippen LogP) is 2.38. The Morgan fingerprint density at radius 3 is 2.54 bits per heavy atom. The first-order valence-corrected chi connectivity index (χ1v) is 7.12. The molecule has 0 bridgehead atoms. The summed E-state index contributed by atoms with van der Waals surface area (Å²) in [5, 5.41) is 30.5. The van der Waals surface area contributed by atoms with Crippen LogP contribution in [0.4, 0.5) is 5.69 Å². The Labute approximate surface area is 138 Å². The maximum Gasteiger partial charge on any atom is 0.337 e. The van der Waals surface area contributed by atoms with Gasteiger partial charge in [0, 0.05) is 6.42 Å². The molecule has 7 heteroatoms. The van der Waals surface area contributed by atoms with Crippen molar-refractivity contribution >= 4 is 17.6 Å². The maximum atomic E-state index is 12.0. The number of benzene rings is 2. The molecule has 0 saturated heterocycles. The highest BCUT2D eigenvalue weighted by molar-refractivity contribution is 6.00. The lowest BCUT2D eigenvalue weighted by atomic mass is 10.1. The number of aromatic carboxylic acids is 1. The molecule has 0 radical (unpaired) electrons. The summed E-state index contributed by atoms with van der Waals surface area (Å²) in [5.74, 6) is -1.47. The molecule has 2 aromatic carbocycles. The summed E-state index contributed by atoms with van der Waals surface area (Å²) in [7, 11) is 1.43. The number of nitrogens with one attached hydrogen (secondary N) is 1. The lowest BCUT2D eigenvalue weighted by Gasteiger charge is -2.10. The molecule has 1 amide bonds. The van der Waals surface area contributed by atoms with E-state index in [-0.39, 0.29) is 35.1 Å². The van der Waals surface area contributed by atoms with Crippen LogP contribution >= 0.6 is 0 Å². The van der Waals surface area contributed by atoms with Crippen molar-refractivity contribution in [1.29, 1.82) is 0 Å². The van der Waals surface area contributed by atoms with Gasteiger partial charge in [-0.05, 0) is 42.3 Å². The second-order valence-corrected chi connectivity index (χ2v) is 5.09. The number of aryl methyl sites for hydroxylation is 1. The van der Waals surface area contributed by atoms with Crippen molar-refractivity contribution in [3.63, 3.8) is 0 Å².